The zero-order valence-corrected chi connectivity index (χ0v) is 15.6. The second-order valence-electron chi connectivity index (χ2n) is 5.88. The molecule has 6 nitrogen and oxygen atoms in total. The van der Waals surface area contributed by atoms with Crippen molar-refractivity contribution in [1.82, 2.24) is 20.0 Å². The van der Waals surface area contributed by atoms with E-state index in [1.165, 1.54) is 11.6 Å². The standard InChI is InChI=1S/C15H22BrF3N4O2/c1-11-13(16)14(15(17,18)19)21-23(11)6-3-12(24)20-4-2-5-22-7-9-25-10-8-22/h2-10H2,1H3,(H,20,24). The molecule has 2 rings (SSSR count). The van der Waals surface area contributed by atoms with Crippen LogP contribution in [0.15, 0.2) is 4.47 Å². The highest BCUT2D eigenvalue weighted by Gasteiger charge is 2.37. The fourth-order valence-corrected chi connectivity index (χ4v) is 3.08. The van der Waals surface area contributed by atoms with Gasteiger partial charge in [-0.2, -0.15) is 18.3 Å². The van der Waals surface area contributed by atoms with Crippen LogP contribution in [-0.2, 0) is 22.3 Å². The Kier molecular flexibility index (Phi) is 7.26. The van der Waals surface area contributed by atoms with Crippen LogP contribution in [0.4, 0.5) is 13.2 Å². The molecule has 2 heterocycles. The summed E-state index contributed by atoms with van der Waals surface area (Å²) in [6.07, 6.45) is -3.60. The van der Waals surface area contributed by atoms with E-state index in [-0.39, 0.29) is 23.3 Å². The first-order valence-electron chi connectivity index (χ1n) is 8.16. The fourth-order valence-electron chi connectivity index (χ4n) is 2.57. The van der Waals surface area contributed by atoms with E-state index in [4.69, 9.17) is 4.74 Å². The molecule has 25 heavy (non-hydrogen) atoms. The summed E-state index contributed by atoms with van der Waals surface area (Å²) in [5.74, 6) is -0.193. The second-order valence-corrected chi connectivity index (χ2v) is 6.67. The third-order valence-corrected chi connectivity index (χ3v) is 4.98. The maximum atomic E-state index is 12.8. The number of nitrogens with zero attached hydrogens (tertiary/aromatic N) is 3. The first-order chi connectivity index (χ1) is 11.8. The summed E-state index contributed by atoms with van der Waals surface area (Å²) >= 11 is 2.92. The van der Waals surface area contributed by atoms with Gasteiger partial charge in [0.15, 0.2) is 5.69 Å². The van der Waals surface area contributed by atoms with Crippen LogP contribution < -0.4 is 5.32 Å². The molecule has 0 aliphatic carbocycles. The third-order valence-electron chi connectivity index (χ3n) is 4.03. The van der Waals surface area contributed by atoms with E-state index in [2.05, 4.69) is 31.2 Å². The summed E-state index contributed by atoms with van der Waals surface area (Å²) < 4.78 is 44.8. The Hall–Kier alpha value is -1.13. The van der Waals surface area contributed by atoms with Gasteiger partial charge in [-0.3, -0.25) is 14.4 Å². The number of rotatable bonds is 7. The van der Waals surface area contributed by atoms with E-state index in [9.17, 15) is 18.0 Å². The van der Waals surface area contributed by atoms with E-state index in [0.29, 0.717) is 12.2 Å². The van der Waals surface area contributed by atoms with Gasteiger partial charge in [0.1, 0.15) is 0 Å². The Labute approximate surface area is 152 Å². The number of nitrogens with one attached hydrogen (secondary N) is 1. The van der Waals surface area contributed by atoms with Crippen LogP contribution in [-0.4, -0.2) is 60.0 Å². The van der Waals surface area contributed by atoms with Gasteiger partial charge < -0.3 is 10.1 Å². The molecule has 1 aliphatic heterocycles. The first-order valence-corrected chi connectivity index (χ1v) is 8.95. The van der Waals surface area contributed by atoms with Gasteiger partial charge in [-0.1, -0.05) is 0 Å². The molecule has 142 valence electrons. The van der Waals surface area contributed by atoms with Crippen LogP contribution in [0, 0.1) is 6.92 Å². The predicted octanol–water partition coefficient (Wildman–Crippen LogP) is 2.20. The number of amides is 1. The van der Waals surface area contributed by atoms with Crippen LogP contribution >= 0.6 is 15.9 Å². The average molecular weight is 427 g/mol. The molecule has 1 aromatic heterocycles. The SMILES string of the molecule is Cc1c(Br)c(C(F)(F)F)nn1CCC(=O)NCCCN1CCOCC1. The number of hydrogen-bond acceptors (Lipinski definition) is 4. The molecule has 1 N–H and O–H groups in total. The van der Waals surface area contributed by atoms with Crippen molar-refractivity contribution < 1.29 is 22.7 Å². The Morgan fingerprint density at radius 2 is 2.00 bits per heavy atom. The van der Waals surface area contributed by atoms with Crippen molar-refractivity contribution in [2.45, 2.75) is 32.5 Å². The van der Waals surface area contributed by atoms with Gasteiger partial charge in [0, 0.05) is 26.1 Å². The van der Waals surface area contributed by atoms with Crippen molar-refractivity contribution in [1.29, 1.82) is 0 Å². The molecule has 0 atom stereocenters. The molecular weight excluding hydrogens is 405 g/mol. The molecule has 1 saturated heterocycles. The highest BCUT2D eigenvalue weighted by molar-refractivity contribution is 9.10. The first kappa shape index (κ1) is 20.2. The summed E-state index contributed by atoms with van der Waals surface area (Å²) in [7, 11) is 0. The smallest absolute Gasteiger partial charge is 0.379 e. The number of hydrogen-bond donors (Lipinski definition) is 1. The molecule has 0 radical (unpaired) electrons. The van der Waals surface area contributed by atoms with Crippen LogP contribution in [0.3, 0.4) is 0 Å². The third kappa shape index (κ3) is 5.96. The molecule has 10 heteroatoms. The quantitative estimate of drug-likeness (QED) is 0.679. The van der Waals surface area contributed by atoms with Gasteiger partial charge >= 0.3 is 6.18 Å². The monoisotopic (exact) mass is 426 g/mol. The van der Waals surface area contributed by atoms with Crippen molar-refractivity contribution in [2.24, 2.45) is 0 Å². The number of morpholine rings is 1. The summed E-state index contributed by atoms with van der Waals surface area (Å²) in [6.45, 7) is 6.37. The summed E-state index contributed by atoms with van der Waals surface area (Å²) in [5.41, 5.74) is -0.608. The van der Waals surface area contributed by atoms with Gasteiger partial charge in [0.05, 0.1) is 29.9 Å². The minimum Gasteiger partial charge on any atom is -0.379 e. The lowest BCUT2D eigenvalue weighted by Crippen LogP contribution is -2.38. The average Bonchev–Trinajstić information content (AvgIpc) is 2.86. The highest BCUT2D eigenvalue weighted by atomic mass is 79.9. The fraction of sp³-hybridized carbons (Fsp3) is 0.733. The van der Waals surface area contributed by atoms with Gasteiger partial charge in [0.2, 0.25) is 5.91 Å². The van der Waals surface area contributed by atoms with E-state index in [1.54, 1.807) is 0 Å². The predicted molar refractivity (Wildman–Crippen MR) is 89.2 cm³/mol. The molecule has 1 fully saturated rings. The largest absolute Gasteiger partial charge is 0.436 e. The lowest BCUT2D eigenvalue weighted by molar-refractivity contribution is -0.142. The van der Waals surface area contributed by atoms with Crippen LogP contribution in [0.5, 0.6) is 0 Å². The topological polar surface area (TPSA) is 59.4 Å². The number of alkyl halides is 3. The van der Waals surface area contributed by atoms with Gasteiger partial charge in [-0.05, 0) is 35.8 Å². The molecule has 1 amide bonds. The van der Waals surface area contributed by atoms with Crippen molar-refractivity contribution in [3.05, 3.63) is 15.9 Å². The molecule has 0 unspecified atom stereocenters. The number of ether oxygens (including phenoxy) is 1. The summed E-state index contributed by atoms with van der Waals surface area (Å²) in [6, 6.07) is 0. The number of halogens is 4. The Bertz CT molecular complexity index is 586. The second kappa shape index (κ2) is 9.00. The minimum atomic E-state index is -4.52. The van der Waals surface area contributed by atoms with Crippen molar-refractivity contribution in [3.8, 4) is 0 Å². The molecule has 0 bridgehead atoms. The number of aryl methyl sites for hydroxylation is 1. The molecule has 0 saturated carbocycles. The van der Waals surface area contributed by atoms with Crippen LogP contribution in [0.2, 0.25) is 0 Å². The number of aromatic nitrogens is 2. The van der Waals surface area contributed by atoms with Gasteiger partial charge in [0.25, 0.3) is 0 Å². The van der Waals surface area contributed by atoms with Gasteiger partial charge in [-0.15, -0.1) is 0 Å². The van der Waals surface area contributed by atoms with Crippen molar-refractivity contribution in [3.63, 3.8) is 0 Å². The van der Waals surface area contributed by atoms with Crippen molar-refractivity contribution in [2.75, 3.05) is 39.4 Å². The Balaban J connectivity index is 1.71. The summed E-state index contributed by atoms with van der Waals surface area (Å²) in [5, 5.41) is 6.35. The van der Waals surface area contributed by atoms with E-state index in [0.717, 1.165) is 39.3 Å². The highest BCUT2D eigenvalue weighted by Crippen LogP contribution is 2.35. The zero-order chi connectivity index (χ0) is 18.4. The van der Waals surface area contributed by atoms with Gasteiger partial charge in [-0.25, -0.2) is 0 Å². The lowest BCUT2D eigenvalue weighted by Gasteiger charge is -2.26. The maximum Gasteiger partial charge on any atom is 0.436 e. The van der Waals surface area contributed by atoms with E-state index < -0.39 is 11.9 Å². The van der Waals surface area contributed by atoms with Crippen LogP contribution in [0.25, 0.3) is 0 Å². The molecule has 1 aliphatic rings. The lowest BCUT2D eigenvalue weighted by atomic mass is 10.3. The molecular formula is C15H22BrF3N4O2. The normalized spacial score (nSPS) is 16.2. The molecule has 0 spiro atoms. The number of carbonyl (C=O) groups excluding carboxylic acids is 1. The van der Waals surface area contributed by atoms with E-state index >= 15 is 0 Å². The van der Waals surface area contributed by atoms with Crippen LogP contribution in [0.1, 0.15) is 24.2 Å². The van der Waals surface area contributed by atoms with Crippen molar-refractivity contribution >= 4 is 21.8 Å². The maximum absolute atomic E-state index is 12.8. The molecule has 0 aromatic carbocycles. The zero-order valence-electron chi connectivity index (χ0n) is 14.0. The van der Waals surface area contributed by atoms with E-state index in [1.807, 2.05) is 0 Å². The Morgan fingerprint density at radius 3 is 2.60 bits per heavy atom. The molecule has 1 aromatic rings. The minimum absolute atomic E-state index is 0.0779. The summed E-state index contributed by atoms with van der Waals surface area (Å²) in [4.78, 5) is 14.1. The number of carbonyl (C=O) groups is 1. The Morgan fingerprint density at radius 1 is 1.32 bits per heavy atom.